The molecule has 2 N–H and O–H groups in total. The fraction of sp³-hybridized carbons (Fsp3) is 0.385. The van der Waals surface area contributed by atoms with Crippen LogP contribution in [0, 0.1) is 0 Å². The molecule has 1 heterocycles. The van der Waals surface area contributed by atoms with E-state index >= 15 is 0 Å². The van der Waals surface area contributed by atoms with Gasteiger partial charge in [-0.05, 0) is 12.1 Å². The predicted octanol–water partition coefficient (Wildman–Crippen LogP) is 1.36. The van der Waals surface area contributed by atoms with Crippen LogP contribution in [0.5, 0.6) is 11.5 Å². The second-order valence-electron chi connectivity index (χ2n) is 4.01. The first kappa shape index (κ1) is 14.3. The fourth-order valence-electron chi connectivity index (χ4n) is 1.85. The minimum Gasteiger partial charge on any atom is -0.496 e. The molecule has 0 saturated heterocycles. The average Bonchev–Trinajstić information content (AvgIpc) is 2.96. The van der Waals surface area contributed by atoms with Crippen LogP contribution in [0.15, 0.2) is 16.7 Å². The van der Waals surface area contributed by atoms with Gasteiger partial charge in [0.15, 0.2) is 0 Å². The molecular weight excluding hydrogens is 262 g/mol. The van der Waals surface area contributed by atoms with E-state index in [0.29, 0.717) is 29.8 Å². The summed E-state index contributed by atoms with van der Waals surface area (Å²) >= 11 is 0. The molecule has 2 aromatic rings. The Hall–Kier alpha value is -2.12. The molecule has 0 spiro atoms. The van der Waals surface area contributed by atoms with Crippen molar-refractivity contribution in [1.29, 1.82) is 0 Å². The molecule has 0 aliphatic heterocycles. The monoisotopic (exact) mass is 279 g/mol. The second kappa shape index (κ2) is 6.36. The maximum atomic E-state index is 5.45. The Kier molecular flexibility index (Phi) is 4.54. The lowest BCUT2D eigenvalue weighted by Crippen LogP contribution is -2.00. The van der Waals surface area contributed by atoms with Gasteiger partial charge in [0.25, 0.3) is 0 Å². The molecule has 0 radical (unpaired) electrons. The van der Waals surface area contributed by atoms with E-state index in [1.54, 1.807) is 21.3 Å². The van der Waals surface area contributed by atoms with E-state index in [9.17, 15) is 0 Å². The quantitative estimate of drug-likeness (QED) is 0.853. The lowest BCUT2D eigenvalue weighted by atomic mass is 10.1. The van der Waals surface area contributed by atoms with Crippen molar-refractivity contribution in [1.82, 2.24) is 10.1 Å². The number of methoxy groups -OCH3 is 3. The molecule has 7 nitrogen and oxygen atoms in total. The normalized spacial score (nSPS) is 10.6. The van der Waals surface area contributed by atoms with Crippen LogP contribution in [0.2, 0.25) is 0 Å². The van der Waals surface area contributed by atoms with Crippen LogP contribution in [-0.4, -0.2) is 31.5 Å². The Morgan fingerprint density at radius 2 is 1.80 bits per heavy atom. The molecule has 0 fully saturated rings. The Morgan fingerprint density at radius 3 is 2.25 bits per heavy atom. The van der Waals surface area contributed by atoms with E-state index < -0.39 is 0 Å². The molecule has 1 aromatic carbocycles. The second-order valence-corrected chi connectivity index (χ2v) is 4.01. The zero-order chi connectivity index (χ0) is 14.5. The highest BCUT2D eigenvalue weighted by Crippen LogP contribution is 2.34. The highest BCUT2D eigenvalue weighted by atomic mass is 16.5. The molecule has 0 amide bonds. The van der Waals surface area contributed by atoms with Crippen molar-refractivity contribution in [2.24, 2.45) is 5.73 Å². The maximum Gasteiger partial charge on any atom is 0.240 e. The Morgan fingerprint density at radius 1 is 1.15 bits per heavy atom. The van der Waals surface area contributed by atoms with Crippen molar-refractivity contribution in [3.8, 4) is 22.9 Å². The van der Waals surface area contributed by atoms with Crippen LogP contribution >= 0.6 is 0 Å². The average molecular weight is 279 g/mol. The number of hydrogen-bond acceptors (Lipinski definition) is 7. The highest BCUT2D eigenvalue weighted by molar-refractivity contribution is 5.63. The summed E-state index contributed by atoms with van der Waals surface area (Å²) in [5.74, 6) is 2.09. The molecule has 0 aliphatic carbocycles. The summed E-state index contributed by atoms with van der Waals surface area (Å²) in [6.45, 7) is 0.579. The molecule has 0 aliphatic rings. The minimum atomic E-state index is 0.197. The summed E-state index contributed by atoms with van der Waals surface area (Å²) in [6.07, 6.45) is 0. The molecule has 0 saturated carbocycles. The van der Waals surface area contributed by atoms with Gasteiger partial charge < -0.3 is 24.5 Å². The molecular formula is C13H17N3O4. The van der Waals surface area contributed by atoms with Crippen LogP contribution in [0.3, 0.4) is 0 Å². The van der Waals surface area contributed by atoms with Crippen molar-refractivity contribution < 1.29 is 18.7 Å². The van der Waals surface area contributed by atoms with Gasteiger partial charge >= 0.3 is 0 Å². The lowest BCUT2D eigenvalue weighted by Gasteiger charge is -2.13. The van der Waals surface area contributed by atoms with Crippen molar-refractivity contribution in [2.45, 2.75) is 13.2 Å². The first-order valence-electron chi connectivity index (χ1n) is 6.00. The van der Waals surface area contributed by atoms with Gasteiger partial charge in [-0.25, -0.2) is 0 Å². The molecule has 7 heteroatoms. The summed E-state index contributed by atoms with van der Waals surface area (Å²) < 4.78 is 20.9. The van der Waals surface area contributed by atoms with Crippen LogP contribution in [0.25, 0.3) is 11.4 Å². The summed E-state index contributed by atoms with van der Waals surface area (Å²) in [5.41, 5.74) is 7.00. The Labute approximate surface area is 116 Å². The van der Waals surface area contributed by atoms with Crippen molar-refractivity contribution in [3.05, 3.63) is 23.6 Å². The zero-order valence-corrected chi connectivity index (χ0v) is 11.7. The molecule has 0 bridgehead atoms. The van der Waals surface area contributed by atoms with E-state index in [-0.39, 0.29) is 6.54 Å². The minimum absolute atomic E-state index is 0.197. The predicted molar refractivity (Wildman–Crippen MR) is 71.4 cm³/mol. The zero-order valence-electron chi connectivity index (χ0n) is 11.7. The summed E-state index contributed by atoms with van der Waals surface area (Å²) in [7, 11) is 4.78. The molecule has 20 heavy (non-hydrogen) atoms. The van der Waals surface area contributed by atoms with Gasteiger partial charge in [0.2, 0.25) is 11.7 Å². The number of aromatic nitrogens is 2. The van der Waals surface area contributed by atoms with E-state index in [2.05, 4.69) is 10.1 Å². The van der Waals surface area contributed by atoms with Crippen molar-refractivity contribution >= 4 is 0 Å². The van der Waals surface area contributed by atoms with Crippen LogP contribution < -0.4 is 15.2 Å². The standard InChI is InChI=1S/C13H17N3O4/c1-17-7-9-10(18-2)4-8(5-11(9)19-3)13-15-12(6-14)20-16-13/h4-5H,6-7,14H2,1-3H3. The maximum absolute atomic E-state index is 5.45. The smallest absolute Gasteiger partial charge is 0.240 e. The number of ether oxygens (including phenoxy) is 3. The lowest BCUT2D eigenvalue weighted by molar-refractivity contribution is 0.178. The Balaban J connectivity index is 2.49. The topological polar surface area (TPSA) is 92.6 Å². The number of benzene rings is 1. The SMILES string of the molecule is COCc1c(OC)cc(-c2noc(CN)n2)cc1OC. The number of hydrogen-bond donors (Lipinski definition) is 1. The van der Waals surface area contributed by atoms with Gasteiger partial charge in [-0.2, -0.15) is 4.98 Å². The molecule has 2 rings (SSSR count). The third-order valence-corrected chi connectivity index (χ3v) is 2.80. The summed E-state index contributed by atoms with van der Waals surface area (Å²) in [6, 6.07) is 3.62. The number of nitrogens with two attached hydrogens (primary N) is 1. The third kappa shape index (κ3) is 2.73. The molecule has 108 valence electrons. The number of nitrogens with zero attached hydrogens (tertiary/aromatic N) is 2. The van der Waals surface area contributed by atoms with Crippen LogP contribution in [-0.2, 0) is 17.9 Å². The number of rotatable bonds is 6. The van der Waals surface area contributed by atoms with E-state index in [1.807, 2.05) is 12.1 Å². The van der Waals surface area contributed by atoms with Gasteiger partial charge in [-0.15, -0.1) is 0 Å². The van der Waals surface area contributed by atoms with Gasteiger partial charge in [-0.1, -0.05) is 5.16 Å². The first-order valence-corrected chi connectivity index (χ1v) is 6.00. The van der Waals surface area contributed by atoms with Crippen LogP contribution in [0.4, 0.5) is 0 Å². The van der Waals surface area contributed by atoms with Crippen molar-refractivity contribution in [3.63, 3.8) is 0 Å². The van der Waals surface area contributed by atoms with E-state index in [0.717, 1.165) is 11.1 Å². The van der Waals surface area contributed by atoms with E-state index in [4.69, 9.17) is 24.5 Å². The van der Waals surface area contributed by atoms with Gasteiger partial charge in [0, 0.05) is 12.7 Å². The fourth-order valence-corrected chi connectivity index (χ4v) is 1.85. The molecule has 0 unspecified atom stereocenters. The van der Waals surface area contributed by atoms with Gasteiger partial charge in [0.05, 0.1) is 32.9 Å². The van der Waals surface area contributed by atoms with Crippen molar-refractivity contribution in [2.75, 3.05) is 21.3 Å². The van der Waals surface area contributed by atoms with Crippen LogP contribution in [0.1, 0.15) is 11.5 Å². The largest absolute Gasteiger partial charge is 0.496 e. The van der Waals surface area contributed by atoms with Gasteiger partial charge in [0.1, 0.15) is 11.5 Å². The van der Waals surface area contributed by atoms with Gasteiger partial charge in [-0.3, -0.25) is 0 Å². The Bertz CT molecular complexity index is 558. The first-order chi connectivity index (χ1) is 9.73. The highest BCUT2D eigenvalue weighted by Gasteiger charge is 2.16. The third-order valence-electron chi connectivity index (χ3n) is 2.80. The summed E-state index contributed by atoms with van der Waals surface area (Å²) in [5, 5.41) is 3.88. The van der Waals surface area contributed by atoms with E-state index in [1.165, 1.54) is 0 Å². The molecule has 1 aromatic heterocycles. The summed E-state index contributed by atoms with van der Waals surface area (Å²) in [4.78, 5) is 4.18. The molecule has 0 atom stereocenters.